The third kappa shape index (κ3) is 3.51. The number of hydrogen-bond donors (Lipinski definition) is 2. The Morgan fingerprint density at radius 1 is 1.35 bits per heavy atom. The molecular formula is C14H22N2O. The van der Waals surface area contributed by atoms with Gasteiger partial charge in [0, 0.05) is 31.6 Å². The quantitative estimate of drug-likeness (QED) is 0.838. The van der Waals surface area contributed by atoms with Gasteiger partial charge in [0.1, 0.15) is 0 Å². The van der Waals surface area contributed by atoms with E-state index in [4.69, 9.17) is 0 Å². The van der Waals surface area contributed by atoms with Gasteiger partial charge in [-0.2, -0.15) is 0 Å². The highest BCUT2D eigenvalue weighted by Gasteiger charge is 2.23. The predicted octanol–water partition coefficient (Wildman–Crippen LogP) is 2.03. The summed E-state index contributed by atoms with van der Waals surface area (Å²) in [5.41, 5.74) is 2.43. The van der Waals surface area contributed by atoms with Crippen LogP contribution in [0.4, 0.5) is 0 Å². The monoisotopic (exact) mass is 234 g/mol. The lowest BCUT2D eigenvalue weighted by molar-refractivity contribution is 0.152. The Morgan fingerprint density at radius 2 is 2.18 bits per heavy atom. The zero-order valence-electron chi connectivity index (χ0n) is 10.5. The van der Waals surface area contributed by atoms with Crippen LogP contribution in [-0.2, 0) is 6.54 Å². The van der Waals surface area contributed by atoms with E-state index in [-0.39, 0.29) is 0 Å². The normalized spacial score (nSPS) is 24.8. The minimum atomic E-state index is 0.309. The standard InChI is InChI=1S/C14H22N2O/c1-11-6-12(8-15-7-11)9-16-14-5-3-2-4-13(14)10-17/h6-8,13-14,16-17H,2-5,9-10H2,1H3. The lowest BCUT2D eigenvalue weighted by Gasteiger charge is -2.31. The van der Waals surface area contributed by atoms with Gasteiger partial charge in [0.25, 0.3) is 0 Å². The molecular weight excluding hydrogens is 212 g/mol. The van der Waals surface area contributed by atoms with Crippen molar-refractivity contribution in [1.82, 2.24) is 10.3 Å². The van der Waals surface area contributed by atoms with Gasteiger partial charge in [0.2, 0.25) is 0 Å². The Labute approximate surface area is 103 Å². The second kappa shape index (κ2) is 6.12. The van der Waals surface area contributed by atoms with E-state index >= 15 is 0 Å². The molecule has 0 bridgehead atoms. The van der Waals surface area contributed by atoms with Gasteiger partial charge in [0.05, 0.1) is 0 Å². The van der Waals surface area contributed by atoms with E-state index in [2.05, 4.69) is 23.3 Å². The summed E-state index contributed by atoms with van der Waals surface area (Å²) in [4.78, 5) is 4.20. The van der Waals surface area contributed by atoms with Crippen LogP contribution in [0.5, 0.6) is 0 Å². The SMILES string of the molecule is Cc1cncc(CNC2CCCCC2CO)c1. The molecule has 2 unspecified atom stereocenters. The fourth-order valence-electron chi connectivity index (χ4n) is 2.66. The molecule has 17 heavy (non-hydrogen) atoms. The number of hydrogen-bond acceptors (Lipinski definition) is 3. The Kier molecular flexibility index (Phi) is 4.51. The Bertz CT molecular complexity index is 354. The maximum Gasteiger partial charge on any atom is 0.0474 e. The molecule has 0 spiro atoms. The number of pyridine rings is 1. The van der Waals surface area contributed by atoms with Gasteiger partial charge in [0.15, 0.2) is 0 Å². The average Bonchev–Trinajstić information content (AvgIpc) is 2.37. The summed E-state index contributed by atoms with van der Waals surface area (Å²) < 4.78 is 0. The molecule has 2 N–H and O–H groups in total. The van der Waals surface area contributed by atoms with Gasteiger partial charge in [-0.1, -0.05) is 18.9 Å². The first-order valence-corrected chi connectivity index (χ1v) is 6.54. The first-order chi connectivity index (χ1) is 8.29. The summed E-state index contributed by atoms with van der Waals surface area (Å²) in [6.45, 7) is 3.23. The van der Waals surface area contributed by atoms with Crippen LogP contribution >= 0.6 is 0 Å². The van der Waals surface area contributed by atoms with Crippen molar-refractivity contribution < 1.29 is 5.11 Å². The van der Waals surface area contributed by atoms with Crippen LogP contribution < -0.4 is 5.32 Å². The summed E-state index contributed by atoms with van der Waals surface area (Å²) in [7, 11) is 0. The third-order valence-electron chi connectivity index (χ3n) is 3.64. The van der Waals surface area contributed by atoms with Gasteiger partial charge in [-0.15, -0.1) is 0 Å². The summed E-state index contributed by atoms with van der Waals surface area (Å²) in [5.74, 6) is 0.432. The predicted molar refractivity (Wildman–Crippen MR) is 68.6 cm³/mol. The molecule has 2 rings (SSSR count). The van der Waals surface area contributed by atoms with E-state index < -0.39 is 0 Å². The van der Waals surface area contributed by atoms with Crippen LogP contribution in [-0.4, -0.2) is 22.7 Å². The average molecular weight is 234 g/mol. The van der Waals surface area contributed by atoms with Gasteiger partial charge in [-0.05, 0) is 36.8 Å². The molecule has 1 aromatic rings. The van der Waals surface area contributed by atoms with Gasteiger partial charge in [-0.3, -0.25) is 4.98 Å². The molecule has 3 nitrogen and oxygen atoms in total. The van der Waals surface area contributed by atoms with Crippen molar-refractivity contribution in [2.45, 2.75) is 45.2 Å². The Hall–Kier alpha value is -0.930. The van der Waals surface area contributed by atoms with E-state index in [9.17, 15) is 5.11 Å². The van der Waals surface area contributed by atoms with Crippen molar-refractivity contribution in [2.24, 2.45) is 5.92 Å². The molecule has 1 saturated carbocycles. The number of aliphatic hydroxyl groups is 1. The molecule has 94 valence electrons. The van der Waals surface area contributed by atoms with Gasteiger partial charge >= 0.3 is 0 Å². The maximum absolute atomic E-state index is 9.35. The molecule has 1 aliphatic rings. The van der Waals surface area contributed by atoms with Crippen LogP contribution in [0.25, 0.3) is 0 Å². The number of aryl methyl sites for hydroxylation is 1. The van der Waals surface area contributed by atoms with Crippen LogP contribution in [0.15, 0.2) is 18.5 Å². The molecule has 1 aromatic heterocycles. The first kappa shape index (κ1) is 12.5. The van der Waals surface area contributed by atoms with Gasteiger partial charge < -0.3 is 10.4 Å². The molecule has 2 atom stereocenters. The molecule has 0 saturated heterocycles. The van der Waals surface area contributed by atoms with Crippen molar-refractivity contribution in [2.75, 3.05) is 6.61 Å². The van der Waals surface area contributed by atoms with Crippen molar-refractivity contribution >= 4 is 0 Å². The van der Waals surface area contributed by atoms with Crippen molar-refractivity contribution in [1.29, 1.82) is 0 Å². The van der Waals surface area contributed by atoms with Crippen molar-refractivity contribution in [3.63, 3.8) is 0 Å². The fraction of sp³-hybridized carbons (Fsp3) is 0.643. The minimum absolute atomic E-state index is 0.309. The molecule has 0 aliphatic heterocycles. The first-order valence-electron chi connectivity index (χ1n) is 6.54. The smallest absolute Gasteiger partial charge is 0.0474 e. The maximum atomic E-state index is 9.35. The number of aliphatic hydroxyl groups excluding tert-OH is 1. The lowest BCUT2D eigenvalue weighted by atomic mass is 9.85. The van der Waals surface area contributed by atoms with Crippen molar-refractivity contribution in [3.8, 4) is 0 Å². The second-order valence-corrected chi connectivity index (χ2v) is 5.09. The molecule has 1 fully saturated rings. The summed E-state index contributed by atoms with van der Waals surface area (Å²) >= 11 is 0. The third-order valence-corrected chi connectivity index (χ3v) is 3.64. The lowest BCUT2D eigenvalue weighted by Crippen LogP contribution is -2.39. The van der Waals surface area contributed by atoms with E-state index in [1.807, 2.05) is 12.4 Å². The molecule has 3 heteroatoms. The largest absolute Gasteiger partial charge is 0.396 e. The highest BCUT2D eigenvalue weighted by Crippen LogP contribution is 2.24. The van der Waals surface area contributed by atoms with Gasteiger partial charge in [-0.25, -0.2) is 0 Å². The Morgan fingerprint density at radius 3 is 2.94 bits per heavy atom. The zero-order chi connectivity index (χ0) is 12.1. The summed E-state index contributed by atoms with van der Waals surface area (Å²) in [5, 5.41) is 12.9. The minimum Gasteiger partial charge on any atom is -0.396 e. The molecule has 1 aliphatic carbocycles. The number of nitrogens with zero attached hydrogens (tertiary/aromatic N) is 1. The molecule has 1 heterocycles. The number of aromatic nitrogens is 1. The van der Waals surface area contributed by atoms with E-state index in [1.54, 1.807) is 0 Å². The van der Waals surface area contributed by atoms with Crippen molar-refractivity contribution in [3.05, 3.63) is 29.6 Å². The fourth-order valence-corrected chi connectivity index (χ4v) is 2.66. The van der Waals surface area contributed by atoms with E-state index in [0.717, 1.165) is 13.0 Å². The van der Waals surface area contributed by atoms with E-state index in [1.165, 1.54) is 30.4 Å². The highest BCUT2D eigenvalue weighted by atomic mass is 16.3. The van der Waals surface area contributed by atoms with Crippen LogP contribution in [0.1, 0.15) is 36.8 Å². The van der Waals surface area contributed by atoms with Crippen LogP contribution in [0, 0.1) is 12.8 Å². The van der Waals surface area contributed by atoms with Crippen LogP contribution in [0.3, 0.4) is 0 Å². The highest BCUT2D eigenvalue weighted by molar-refractivity contribution is 5.16. The second-order valence-electron chi connectivity index (χ2n) is 5.09. The van der Waals surface area contributed by atoms with Crippen LogP contribution in [0.2, 0.25) is 0 Å². The Balaban J connectivity index is 1.88. The topological polar surface area (TPSA) is 45.2 Å². The summed E-state index contributed by atoms with van der Waals surface area (Å²) in [6.07, 6.45) is 8.66. The molecule has 0 radical (unpaired) electrons. The number of nitrogens with one attached hydrogen (secondary N) is 1. The zero-order valence-corrected chi connectivity index (χ0v) is 10.5. The van der Waals surface area contributed by atoms with E-state index in [0.29, 0.717) is 18.6 Å². The summed E-state index contributed by atoms with van der Waals surface area (Å²) in [6, 6.07) is 2.63. The molecule has 0 aromatic carbocycles. The number of rotatable bonds is 4. The molecule has 0 amide bonds.